The van der Waals surface area contributed by atoms with Crippen molar-refractivity contribution in [3.63, 3.8) is 0 Å². The van der Waals surface area contributed by atoms with E-state index in [-0.39, 0.29) is 36.8 Å². The van der Waals surface area contributed by atoms with Gasteiger partial charge >= 0.3 is 0 Å². The van der Waals surface area contributed by atoms with Gasteiger partial charge in [-0.25, -0.2) is 4.39 Å². The van der Waals surface area contributed by atoms with Crippen molar-refractivity contribution in [3.05, 3.63) is 65.5 Å². The molecule has 0 aliphatic heterocycles. The highest BCUT2D eigenvalue weighted by Gasteiger charge is 2.20. The Balaban J connectivity index is 1.80. The Kier molecular flexibility index (Phi) is 8.14. The Bertz CT molecular complexity index is 773. The zero-order valence-electron chi connectivity index (χ0n) is 16.7. The lowest BCUT2D eigenvalue weighted by molar-refractivity contribution is -0.692. The summed E-state index contributed by atoms with van der Waals surface area (Å²) in [4.78, 5) is 24.0. The van der Waals surface area contributed by atoms with Crippen LogP contribution in [0, 0.1) is 11.7 Å². The minimum atomic E-state index is -0.370. The number of carbonyl (C=O) groups is 2. The summed E-state index contributed by atoms with van der Waals surface area (Å²) in [7, 11) is 0. The van der Waals surface area contributed by atoms with Gasteiger partial charge in [0.15, 0.2) is 6.54 Å². The van der Waals surface area contributed by atoms with E-state index in [1.54, 1.807) is 0 Å². The number of hydrogen-bond donors (Lipinski definition) is 3. The first-order valence-electron chi connectivity index (χ1n) is 9.63. The molecule has 0 unspecified atom stereocenters. The van der Waals surface area contributed by atoms with Crippen LogP contribution in [0.2, 0.25) is 0 Å². The first-order chi connectivity index (χ1) is 13.4. The summed E-state index contributed by atoms with van der Waals surface area (Å²) in [6.45, 7) is 6.49. The van der Waals surface area contributed by atoms with E-state index >= 15 is 0 Å². The molecule has 0 heterocycles. The van der Waals surface area contributed by atoms with E-state index in [2.05, 4.69) is 55.7 Å². The van der Waals surface area contributed by atoms with Crippen molar-refractivity contribution in [1.82, 2.24) is 5.32 Å². The number of rotatable bonds is 9. The molecule has 0 spiro atoms. The third kappa shape index (κ3) is 6.78. The molecule has 0 saturated heterocycles. The fourth-order valence-electron chi connectivity index (χ4n) is 2.99. The van der Waals surface area contributed by atoms with Crippen LogP contribution in [0.5, 0.6) is 0 Å². The summed E-state index contributed by atoms with van der Waals surface area (Å²) in [5, 5.41) is 7.23. The number of nitrogens with two attached hydrogens (primary N) is 1. The van der Waals surface area contributed by atoms with Crippen molar-refractivity contribution in [2.24, 2.45) is 5.92 Å². The normalized spacial score (nSPS) is 11.9. The molecule has 0 fully saturated rings. The van der Waals surface area contributed by atoms with E-state index in [0.717, 1.165) is 6.42 Å². The summed E-state index contributed by atoms with van der Waals surface area (Å²) >= 11 is 0. The minimum absolute atomic E-state index is 0.123. The first kappa shape index (κ1) is 21.6. The fourth-order valence-corrected chi connectivity index (χ4v) is 2.99. The number of amides is 2. The monoisotopic (exact) mass is 386 g/mol. The van der Waals surface area contributed by atoms with E-state index in [9.17, 15) is 14.0 Å². The van der Waals surface area contributed by atoms with Gasteiger partial charge in [0.25, 0.3) is 5.91 Å². The van der Waals surface area contributed by atoms with Crippen LogP contribution in [0.25, 0.3) is 0 Å². The van der Waals surface area contributed by atoms with Gasteiger partial charge in [-0.15, -0.1) is 0 Å². The summed E-state index contributed by atoms with van der Waals surface area (Å²) in [6, 6.07) is 14.1. The van der Waals surface area contributed by atoms with Gasteiger partial charge in [0.05, 0.1) is 6.54 Å². The fraction of sp³-hybridized carbons (Fsp3) is 0.364. The van der Waals surface area contributed by atoms with Gasteiger partial charge in [-0.2, -0.15) is 0 Å². The summed E-state index contributed by atoms with van der Waals surface area (Å²) in [5.74, 6) is -0.562. The van der Waals surface area contributed by atoms with Gasteiger partial charge in [0.1, 0.15) is 11.9 Å². The molecule has 6 heteroatoms. The lowest BCUT2D eigenvalue weighted by Gasteiger charge is -2.19. The van der Waals surface area contributed by atoms with Crippen LogP contribution in [0.15, 0.2) is 48.5 Å². The molecular formula is C22H29FN3O2+. The van der Waals surface area contributed by atoms with Crippen molar-refractivity contribution >= 4 is 17.5 Å². The highest BCUT2D eigenvalue weighted by Crippen LogP contribution is 2.18. The van der Waals surface area contributed by atoms with Gasteiger partial charge in [-0.3, -0.25) is 9.59 Å². The van der Waals surface area contributed by atoms with Crippen LogP contribution in [-0.4, -0.2) is 24.9 Å². The standard InChI is InChI=1S/C22H28FN3O2/c1-4-16-5-7-17(8-6-16)22(15(2)3)25-13-20(27)24-14-21(28)26-19-11-9-18(23)10-12-19/h5-12,15,22,25H,4,13-14H2,1-3H3,(H,24,27)(H,26,28)/p+1/t22-/m0/s1. The van der Waals surface area contributed by atoms with Gasteiger partial charge in [0.2, 0.25) is 5.91 Å². The number of hydrogen-bond acceptors (Lipinski definition) is 2. The summed E-state index contributed by atoms with van der Waals surface area (Å²) in [6.07, 6.45) is 0.999. The molecule has 0 bridgehead atoms. The maximum atomic E-state index is 12.9. The van der Waals surface area contributed by atoms with Crippen LogP contribution in [-0.2, 0) is 16.0 Å². The molecule has 2 aromatic carbocycles. The second kappa shape index (κ2) is 10.6. The third-order valence-electron chi connectivity index (χ3n) is 4.62. The molecular weight excluding hydrogens is 357 g/mol. The molecule has 28 heavy (non-hydrogen) atoms. The molecule has 0 radical (unpaired) electrons. The van der Waals surface area contributed by atoms with Crippen LogP contribution in [0.4, 0.5) is 10.1 Å². The number of quaternary nitrogens is 1. The van der Waals surface area contributed by atoms with Crippen molar-refractivity contribution < 1.29 is 19.3 Å². The Morgan fingerprint density at radius 2 is 1.64 bits per heavy atom. The Hall–Kier alpha value is -2.73. The average molecular weight is 386 g/mol. The Morgan fingerprint density at radius 1 is 1.00 bits per heavy atom. The minimum Gasteiger partial charge on any atom is -0.342 e. The molecule has 0 aliphatic rings. The zero-order valence-corrected chi connectivity index (χ0v) is 16.7. The topological polar surface area (TPSA) is 74.8 Å². The van der Waals surface area contributed by atoms with Gasteiger partial charge in [0, 0.05) is 17.2 Å². The van der Waals surface area contributed by atoms with Crippen molar-refractivity contribution in [2.75, 3.05) is 18.4 Å². The molecule has 0 aromatic heterocycles. The number of aryl methyl sites for hydroxylation is 1. The Labute approximate surface area is 165 Å². The van der Waals surface area contributed by atoms with Crippen molar-refractivity contribution in [1.29, 1.82) is 0 Å². The summed E-state index contributed by atoms with van der Waals surface area (Å²) < 4.78 is 12.9. The first-order valence-corrected chi connectivity index (χ1v) is 9.63. The van der Waals surface area contributed by atoms with Crippen LogP contribution >= 0.6 is 0 Å². The number of halogens is 1. The SMILES string of the molecule is CCc1ccc([C@@H]([NH2+]CC(=O)NCC(=O)Nc2ccc(F)cc2)C(C)C)cc1. The van der Waals surface area contributed by atoms with E-state index in [1.807, 2.05) is 5.32 Å². The quantitative estimate of drug-likeness (QED) is 0.619. The highest BCUT2D eigenvalue weighted by molar-refractivity contribution is 5.94. The van der Waals surface area contributed by atoms with Crippen molar-refractivity contribution in [3.8, 4) is 0 Å². The molecule has 2 amide bonds. The maximum Gasteiger partial charge on any atom is 0.275 e. The molecule has 4 N–H and O–H groups in total. The number of benzene rings is 2. The van der Waals surface area contributed by atoms with Crippen LogP contribution < -0.4 is 16.0 Å². The zero-order chi connectivity index (χ0) is 20.5. The van der Waals surface area contributed by atoms with E-state index < -0.39 is 0 Å². The van der Waals surface area contributed by atoms with Gasteiger partial charge in [-0.1, -0.05) is 45.0 Å². The van der Waals surface area contributed by atoms with Gasteiger partial charge < -0.3 is 16.0 Å². The molecule has 0 aliphatic carbocycles. The largest absolute Gasteiger partial charge is 0.342 e. The molecule has 1 atom stereocenters. The average Bonchev–Trinajstić information content (AvgIpc) is 2.68. The van der Waals surface area contributed by atoms with Crippen LogP contribution in [0.3, 0.4) is 0 Å². The van der Waals surface area contributed by atoms with E-state index in [1.165, 1.54) is 35.4 Å². The van der Waals surface area contributed by atoms with E-state index in [0.29, 0.717) is 11.6 Å². The molecule has 5 nitrogen and oxygen atoms in total. The highest BCUT2D eigenvalue weighted by atomic mass is 19.1. The van der Waals surface area contributed by atoms with E-state index in [4.69, 9.17) is 0 Å². The predicted octanol–water partition coefficient (Wildman–Crippen LogP) is 2.40. The number of carbonyl (C=O) groups excluding carboxylic acids is 2. The predicted molar refractivity (Wildman–Crippen MR) is 108 cm³/mol. The molecule has 2 rings (SSSR count). The second-order valence-corrected chi connectivity index (χ2v) is 7.14. The van der Waals surface area contributed by atoms with Crippen LogP contribution in [0.1, 0.15) is 37.9 Å². The third-order valence-corrected chi connectivity index (χ3v) is 4.62. The van der Waals surface area contributed by atoms with Gasteiger partial charge in [-0.05, 0) is 36.2 Å². The maximum absolute atomic E-state index is 12.9. The summed E-state index contributed by atoms with van der Waals surface area (Å²) in [5.41, 5.74) is 2.97. The lowest BCUT2D eigenvalue weighted by atomic mass is 9.95. The molecule has 0 saturated carbocycles. The molecule has 150 valence electrons. The number of anilines is 1. The van der Waals surface area contributed by atoms with Crippen molar-refractivity contribution in [2.45, 2.75) is 33.2 Å². The second-order valence-electron chi connectivity index (χ2n) is 7.14. The smallest absolute Gasteiger partial charge is 0.275 e. The Morgan fingerprint density at radius 3 is 2.21 bits per heavy atom. The number of nitrogens with one attached hydrogen (secondary N) is 2. The lowest BCUT2D eigenvalue weighted by Crippen LogP contribution is -2.88. The molecule has 2 aromatic rings.